The zero-order valence-electron chi connectivity index (χ0n) is 10.1. The van der Waals surface area contributed by atoms with Crippen molar-refractivity contribution < 1.29 is 0 Å². The molecular weight excluding hydrogens is 210 g/mol. The summed E-state index contributed by atoms with van der Waals surface area (Å²) in [7, 11) is 2.05. The highest BCUT2D eigenvalue weighted by Crippen LogP contribution is 2.31. The molecule has 3 nitrogen and oxygen atoms in total. The first kappa shape index (κ1) is 10.5. The van der Waals surface area contributed by atoms with E-state index in [2.05, 4.69) is 39.1 Å². The highest BCUT2D eigenvalue weighted by molar-refractivity contribution is 5.62. The van der Waals surface area contributed by atoms with E-state index in [1.165, 1.54) is 17.5 Å². The number of imidazole rings is 1. The highest BCUT2D eigenvalue weighted by atomic mass is 15.0. The second-order valence-corrected chi connectivity index (χ2v) is 4.64. The van der Waals surface area contributed by atoms with E-state index in [1.807, 2.05) is 19.4 Å². The van der Waals surface area contributed by atoms with Crippen molar-refractivity contribution in [2.24, 2.45) is 7.05 Å². The Bertz CT molecular complexity index is 510. The highest BCUT2D eigenvalue weighted by Gasteiger charge is 2.20. The van der Waals surface area contributed by atoms with Crippen molar-refractivity contribution in [1.29, 1.82) is 0 Å². The molecule has 3 rings (SSSR count). The standard InChI is InChI=1S/C14H17N3/c1-17-9-8-16-14(17)13-5-3-2-4-12(13)11-6-7-15-10-11/h2-5,8-9,11,15H,6-7,10H2,1H3. The van der Waals surface area contributed by atoms with Gasteiger partial charge in [-0.05, 0) is 24.4 Å². The van der Waals surface area contributed by atoms with Gasteiger partial charge in [-0.3, -0.25) is 0 Å². The summed E-state index contributed by atoms with van der Waals surface area (Å²) < 4.78 is 2.08. The predicted octanol–water partition coefficient (Wildman–Crippen LogP) is 2.16. The Morgan fingerprint density at radius 3 is 2.94 bits per heavy atom. The van der Waals surface area contributed by atoms with Crippen LogP contribution in [-0.4, -0.2) is 22.6 Å². The van der Waals surface area contributed by atoms with Gasteiger partial charge in [-0.2, -0.15) is 0 Å². The van der Waals surface area contributed by atoms with Gasteiger partial charge in [0.05, 0.1) is 0 Å². The van der Waals surface area contributed by atoms with Crippen molar-refractivity contribution in [1.82, 2.24) is 14.9 Å². The number of rotatable bonds is 2. The summed E-state index contributed by atoms with van der Waals surface area (Å²) >= 11 is 0. The molecule has 1 aliphatic heterocycles. The van der Waals surface area contributed by atoms with Crippen LogP contribution in [0.3, 0.4) is 0 Å². The number of aryl methyl sites for hydroxylation is 1. The number of nitrogens with zero attached hydrogens (tertiary/aromatic N) is 2. The molecule has 1 saturated heterocycles. The Morgan fingerprint density at radius 2 is 2.24 bits per heavy atom. The van der Waals surface area contributed by atoms with Crippen molar-refractivity contribution in [2.45, 2.75) is 12.3 Å². The van der Waals surface area contributed by atoms with Gasteiger partial charge in [0.25, 0.3) is 0 Å². The molecule has 1 N–H and O–H groups in total. The molecule has 17 heavy (non-hydrogen) atoms. The fourth-order valence-electron chi connectivity index (χ4n) is 2.60. The third-order valence-corrected chi connectivity index (χ3v) is 3.52. The first-order valence-electron chi connectivity index (χ1n) is 6.13. The minimum absolute atomic E-state index is 0.628. The van der Waals surface area contributed by atoms with Crippen LogP contribution < -0.4 is 5.32 Å². The smallest absolute Gasteiger partial charge is 0.139 e. The fraction of sp³-hybridized carbons (Fsp3) is 0.357. The molecule has 2 aromatic rings. The molecule has 1 aromatic carbocycles. The van der Waals surface area contributed by atoms with Crippen molar-refractivity contribution in [3.05, 3.63) is 42.2 Å². The van der Waals surface area contributed by atoms with Gasteiger partial charge in [0.1, 0.15) is 5.82 Å². The van der Waals surface area contributed by atoms with Gasteiger partial charge in [-0.25, -0.2) is 4.98 Å². The molecule has 1 aromatic heterocycles. The van der Waals surface area contributed by atoms with Crippen molar-refractivity contribution in [3.8, 4) is 11.4 Å². The number of nitrogens with one attached hydrogen (secondary N) is 1. The van der Waals surface area contributed by atoms with Crippen LogP contribution in [0.2, 0.25) is 0 Å². The number of hydrogen-bond donors (Lipinski definition) is 1. The zero-order chi connectivity index (χ0) is 11.7. The van der Waals surface area contributed by atoms with Crippen LogP contribution in [0.4, 0.5) is 0 Å². The molecule has 2 heterocycles. The largest absolute Gasteiger partial charge is 0.334 e. The number of hydrogen-bond acceptors (Lipinski definition) is 2. The normalized spacial score (nSPS) is 19.7. The van der Waals surface area contributed by atoms with E-state index in [4.69, 9.17) is 0 Å². The third kappa shape index (κ3) is 1.87. The molecule has 0 spiro atoms. The molecule has 1 unspecified atom stereocenters. The van der Waals surface area contributed by atoms with E-state index in [0.717, 1.165) is 18.9 Å². The van der Waals surface area contributed by atoms with Crippen molar-refractivity contribution in [2.75, 3.05) is 13.1 Å². The van der Waals surface area contributed by atoms with Crippen LogP contribution in [0.15, 0.2) is 36.7 Å². The maximum absolute atomic E-state index is 4.46. The van der Waals surface area contributed by atoms with Gasteiger partial charge in [0, 0.05) is 31.5 Å². The summed E-state index contributed by atoms with van der Waals surface area (Å²) in [4.78, 5) is 4.46. The fourth-order valence-corrected chi connectivity index (χ4v) is 2.60. The second-order valence-electron chi connectivity index (χ2n) is 4.64. The zero-order valence-corrected chi connectivity index (χ0v) is 10.1. The minimum atomic E-state index is 0.628. The predicted molar refractivity (Wildman–Crippen MR) is 68.9 cm³/mol. The Hall–Kier alpha value is -1.61. The second kappa shape index (κ2) is 4.34. The van der Waals surface area contributed by atoms with Crippen LogP contribution in [0, 0.1) is 0 Å². The first-order valence-corrected chi connectivity index (χ1v) is 6.13. The summed E-state index contributed by atoms with van der Waals surface area (Å²) in [5.41, 5.74) is 2.69. The summed E-state index contributed by atoms with van der Waals surface area (Å²) in [5, 5.41) is 3.43. The molecule has 0 radical (unpaired) electrons. The molecule has 1 aliphatic rings. The molecule has 88 valence electrons. The van der Waals surface area contributed by atoms with Gasteiger partial charge in [0.15, 0.2) is 0 Å². The molecule has 3 heteroatoms. The van der Waals surface area contributed by atoms with Crippen LogP contribution in [0.1, 0.15) is 17.9 Å². The average Bonchev–Trinajstić information content (AvgIpc) is 3.00. The lowest BCUT2D eigenvalue weighted by atomic mass is 9.93. The van der Waals surface area contributed by atoms with Crippen LogP contribution >= 0.6 is 0 Å². The lowest BCUT2D eigenvalue weighted by Gasteiger charge is -2.14. The Kier molecular flexibility index (Phi) is 2.69. The lowest BCUT2D eigenvalue weighted by Crippen LogP contribution is -2.09. The Labute approximate surface area is 101 Å². The summed E-state index contributed by atoms with van der Waals surface area (Å²) in [6.07, 6.45) is 5.08. The van der Waals surface area contributed by atoms with Crippen molar-refractivity contribution >= 4 is 0 Å². The lowest BCUT2D eigenvalue weighted by molar-refractivity contribution is 0.762. The van der Waals surface area contributed by atoms with Gasteiger partial charge < -0.3 is 9.88 Å². The minimum Gasteiger partial charge on any atom is -0.334 e. The van der Waals surface area contributed by atoms with Gasteiger partial charge >= 0.3 is 0 Å². The van der Waals surface area contributed by atoms with Crippen LogP contribution in [0.25, 0.3) is 11.4 Å². The quantitative estimate of drug-likeness (QED) is 0.852. The van der Waals surface area contributed by atoms with Gasteiger partial charge in [0.2, 0.25) is 0 Å². The molecule has 0 saturated carbocycles. The Balaban J connectivity index is 2.07. The Morgan fingerprint density at radius 1 is 1.35 bits per heavy atom. The van der Waals surface area contributed by atoms with Crippen LogP contribution in [-0.2, 0) is 7.05 Å². The molecule has 0 bridgehead atoms. The molecular formula is C14H17N3. The summed E-state index contributed by atoms with van der Waals surface area (Å²) in [5.74, 6) is 1.69. The number of benzene rings is 1. The first-order chi connectivity index (χ1) is 8.36. The summed E-state index contributed by atoms with van der Waals surface area (Å²) in [6, 6.07) is 8.63. The van der Waals surface area contributed by atoms with E-state index >= 15 is 0 Å². The van der Waals surface area contributed by atoms with E-state index in [1.54, 1.807) is 0 Å². The van der Waals surface area contributed by atoms with Crippen LogP contribution in [0.5, 0.6) is 0 Å². The summed E-state index contributed by atoms with van der Waals surface area (Å²) in [6.45, 7) is 2.21. The average molecular weight is 227 g/mol. The van der Waals surface area contributed by atoms with E-state index < -0.39 is 0 Å². The molecule has 1 atom stereocenters. The third-order valence-electron chi connectivity index (χ3n) is 3.52. The van der Waals surface area contributed by atoms with E-state index in [0.29, 0.717) is 5.92 Å². The van der Waals surface area contributed by atoms with Gasteiger partial charge in [-0.1, -0.05) is 24.3 Å². The monoisotopic (exact) mass is 227 g/mol. The van der Waals surface area contributed by atoms with Crippen molar-refractivity contribution in [3.63, 3.8) is 0 Å². The molecule has 0 amide bonds. The maximum atomic E-state index is 4.46. The van der Waals surface area contributed by atoms with Gasteiger partial charge in [-0.15, -0.1) is 0 Å². The molecule has 0 aliphatic carbocycles. The topological polar surface area (TPSA) is 29.9 Å². The molecule has 1 fully saturated rings. The maximum Gasteiger partial charge on any atom is 0.139 e. The van der Waals surface area contributed by atoms with E-state index in [9.17, 15) is 0 Å². The number of aromatic nitrogens is 2. The SMILES string of the molecule is Cn1ccnc1-c1ccccc1C1CCNC1. The van der Waals surface area contributed by atoms with E-state index in [-0.39, 0.29) is 0 Å².